The van der Waals surface area contributed by atoms with Gasteiger partial charge < -0.3 is 50.0 Å². The number of carbonyl (C=O) groups is 2. The zero-order chi connectivity index (χ0) is 23.6. The number of benzene rings is 1. The molecule has 6 atom stereocenters. The molecular formula is C20H24O12. The number of aliphatic hydroxyl groups is 5. The van der Waals surface area contributed by atoms with Crippen LogP contribution >= 0.6 is 0 Å². The molecule has 0 bridgehead atoms. The first-order valence-electron chi connectivity index (χ1n) is 9.71. The molecule has 0 spiro atoms. The van der Waals surface area contributed by atoms with Gasteiger partial charge in [0.25, 0.3) is 0 Å². The molecule has 2 aliphatic rings. The van der Waals surface area contributed by atoms with Gasteiger partial charge in [-0.05, 0) is 18.6 Å². The Bertz CT molecular complexity index is 897. The number of ketones is 1. The lowest BCUT2D eigenvalue weighted by molar-refractivity contribution is -0.277. The number of aliphatic hydroxyl groups excluding tert-OH is 4. The Morgan fingerprint density at radius 1 is 1.16 bits per heavy atom. The number of hydrogen-bond donors (Lipinski definition) is 7. The molecule has 12 heteroatoms. The second-order valence-electron chi connectivity index (χ2n) is 7.48. The molecule has 7 N–H and O–H groups in total. The van der Waals surface area contributed by atoms with Crippen molar-refractivity contribution in [1.82, 2.24) is 0 Å². The molecule has 0 unspecified atom stereocenters. The largest absolute Gasteiger partial charge is 0.508 e. The summed E-state index contributed by atoms with van der Waals surface area (Å²) in [6, 6.07) is 1.93. The maximum atomic E-state index is 12.3. The van der Waals surface area contributed by atoms with Crippen molar-refractivity contribution in [1.29, 1.82) is 0 Å². The number of ether oxygens (including phenoxy) is 3. The smallest absolute Gasteiger partial charge is 0.350 e. The van der Waals surface area contributed by atoms with Crippen LogP contribution in [0.25, 0.3) is 0 Å². The van der Waals surface area contributed by atoms with E-state index < -0.39 is 78.5 Å². The van der Waals surface area contributed by atoms with Gasteiger partial charge in [-0.15, -0.1) is 0 Å². The number of aromatic hydroxyl groups is 2. The van der Waals surface area contributed by atoms with E-state index in [2.05, 4.69) is 0 Å². The van der Waals surface area contributed by atoms with Crippen LogP contribution in [0.15, 0.2) is 24.3 Å². The lowest BCUT2D eigenvalue weighted by atomic mass is 9.90. The number of esters is 1. The molecule has 3 rings (SSSR count). The number of allylic oxidation sites excluding steroid dienone is 1. The van der Waals surface area contributed by atoms with Gasteiger partial charge in [0.2, 0.25) is 11.9 Å². The van der Waals surface area contributed by atoms with Crippen molar-refractivity contribution in [3.8, 4) is 17.2 Å². The van der Waals surface area contributed by atoms with Gasteiger partial charge in [-0.2, -0.15) is 0 Å². The van der Waals surface area contributed by atoms with E-state index in [-0.39, 0.29) is 12.0 Å². The summed E-state index contributed by atoms with van der Waals surface area (Å²) in [6.07, 6.45) is -5.33. The van der Waals surface area contributed by atoms with Crippen molar-refractivity contribution >= 4 is 11.8 Å². The van der Waals surface area contributed by atoms with Crippen LogP contribution in [0.3, 0.4) is 0 Å². The summed E-state index contributed by atoms with van der Waals surface area (Å²) < 4.78 is 15.6. The van der Waals surface area contributed by atoms with Crippen LogP contribution in [-0.2, 0) is 25.7 Å². The van der Waals surface area contributed by atoms with Crippen molar-refractivity contribution in [3.05, 3.63) is 29.8 Å². The lowest BCUT2D eigenvalue weighted by Crippen LogP contribution is -2.60. The molecule has 0 saturated carbocycles. The van der Waals surface area contributed by atoms with Gasteiger partial charge in [-0.3, -0.25) is 4.79 Å². The highest BCUT2D eigenvalue weighted by Gasteiger charge is 2.46. The predicted molar refractivity (Wildman–Crippen MR) is 102 cm³/mol. The second-order valence-corrected chi connectivity index (χ2v) is 7.48. The first-order chi connectivity index (χ1) is 15.1. The van der Waals surface area contributed by atoms with E-state index in [1.54, 1.807) is 0 Å². The highest BCUT2D eigenvalue weighted by molar-refractivity contribution is 6.09. The molecule has 0 aromatic heterocycles. The van der Waals surface area contributed by atoms with Crippen LogP contribution < -0.4 is 4.74 Å². The van der Waals surface area contributed by atoms with Crippen LogP contribution in [0, 0.1) is 0 Å². The van der Waals surface area contributed by atoms with Gasteiger partial charge in [0.05, 0.1) is 6.61 Å². The molecule has 176 valence electrons. The normalized spacial score (nSPS) is 32.5. The highest BCUT2D eigenvalue weighted by Crippen LogP contribution is 2.37. The number of rotatable bonds is 6. The van der Waals surface area contributed by atoms with Crippen molar-refractivity contribution in [2.24, 2.45) is 0 Å². The average molecular weight is 456 g/mol. The summed E-state index contributed by atoms with van der Waals surface area (Å²) in [5, 5.41) is 69.4. The Balaban J connectivity index is 1.81. The maximum absolute atomic E-state index is 12.3. The van der Waals surface area contributed by atoms with Crippen molar-refractivity contribution < 1.29 is 59.5 Å². The molecule has 1 aromatic carbocycles. The van der Waals surface area contributed by atoms with Crippen LogP contribution in [0.5, 0.6) is 17.2 Å². The van der Waals surface area contributed by atoms with Crippen LogP contribution in [0.2, 0.25) is 0 Å². The van der Waals surface area contributed by atoms with Crippen molar-refractivity contribution in [2.45, 2.75) is 55.8 Å². The quantitative estimate of drug-likeness (QED) is 0.141. The van der Waals surface area contributed by atoms with Gasteiger partial charge in [-0.25, -0.2) is 4.79 Å². The fourth-order valence-electron chi connectivity index (χ4n) is 3.37. The second kappa shape index (κ2) is 9.40. The van der Waals surface area contributed by atoms with Gasteiger partial charge in [0.1, 0.15) is 36.8 Å². The number of hydrogen-bond acceptors (Lipinski definition) is 12. The van der Waals surface area contributed by atoms with Gasteiger partial charge in [0, 0.05) is 18.1 Å². The molecule has 32 heavy (non-hydrogen) atoms. The summed E-state index contributed by atoms with van der Waals surface area (Å²) in [5.41, 5.74) is -2.60. The Labute approximate surface area is 181 Å². The molecule has 12 nitrogen and oxygen atoms in total. The molecular weight excluding hydrogens is 432 g/mol. The minimum Gasteiger partial charge on any atom is -0.508 e. The Hall–Kier alpha value is -2.74. The molecule has 1 aliphatic carbocycles. The summed E-state index contributed by atoms with van der Waals surface area (Å²) in [4.78, 5) is 24.3. The summed E-state index contributed by atoms with van der Waals surface area (Å²) in [5.74, 6) is -3.54. The number of phenols is 2. The summed E-state index contributed by atoms with van der Waals surface area (Å²) in [7, 11) is 0. The molecule has 1 saturated heterocycles. The summed E-state index contributed by atoms with van der Waals surface area (Å²) in [6.45, 7) is -1.38. The third-order valence-electron chi connectivity index (χ3n) is 5.21. The van der Waals surface area contributed by atoms with E-state index in [0.29, 0.717) is 6.42 Å². The highest BCUT2D eigenvalue weighted by atomic mass is 16.7. The van der Waals surface area contributed by atoms with Crippen LogP contribution in [0.1, 0.15) is 18.4 Å². The standard InChI is InChI=1S/C20H24O12/c21-7-12-14(25)15(26)16(27)18(31-12)32-17-9(5-10(22)6-11(17)23)8-30-19(28)20(29)4-2-1-3-13(20)24/h2,4-6,12,14-16,18,21-23,25-27,29H,1,3,7-8H2/t12-,14-,15+,16-,18+,20-/m1/s1. The lowest BCUT2D eigenvalue weighted by Gasteiger charge is -2.39. The predicted octanol–water partition coefficient (Wildman–Crippen LogP) is -2.03. The van der Waals surface area contributed by atoms with Crippen LogP contribution in [0.4, 0.5) is 0 Å². The van der Waals surface area contributed by atoms with E-state index in [4.69, 9.17) is 14.2 Å². The SMILES string of the molecule is O=C1CCC=C[C@]1(O)C(=O)OCc1cc(O)cc(O)c1O[C@@H]1O[C@H](CO)[C@@H](O)[C@H](O)[C@H]1O. The molecule has 0 amide bonds. The molecule has 1 fully saturated rings. The fraction of sp³-hybridized carbons (Fsp3) is 0.500. The molecule has 1 aromatic rings. The average Bonchev–Trinajstić information content (AvgIpc) is 2.76. The summed E-state index contributed by atoms with van der Waals surface area (Å²) >= 11 is 0. The van der Waals surface area contributed by atoms with Gasteiger partial charge >= 0.3 is 5.97 Å². The fourth-order valence-corrected chi connectivity index (χ4v) is 3.37. The third-order valence-corrected chi connectivity index (χ3v) is 5.21. The zero-order valence-corrected chi connectivity index (χ0v) is 16.7. The topological polar surface area (TPSA) is 203 Å². The van der Waals surface area contributed by atoms with E-state index >= 15 is 0 Å². The van der Waals surface area contributed by atoms with Crippen molar-refractivity contribution in [3.63, 3.8) is 0 Å². The Morgan fingerprint density at radius 2 is 1.88 bits per heavy atom. The monoisotopic (exact) mass is 456 g/mol. The first kappa shape index (κ1) is 23.9. The minimum atomic E-state index is -2.46. The van der Waals surface area contributed by atoms with Crippen LogP contribution in [-0.4, -0.2) is 90.4 Å². The number of phenolic OH excluding ortho intramolecular Hbond substituents is 2. The van der Waals surface area contributed by atoms with Gasteiger partial charge in [0.15, 0.2) is 17.3 Å². The first-order valence-corrected chi connectivity index (χ1v) is 9.71. The third kappa shape index (κ3) is 4.55. The molecule has 1 aliphatic heterocycles. The number of Topliss-reactive ketones (excluding diaryl/α,β-unsaturated/α-hetero) is 1. The van der Waals surface area contributed by atoms with E-state index in [9.17, 15) is 45.3 Å². The number of carbonyl (C=O) groups excluding carboxylic acids is 2. The maximum Gasteiger partial charge on any atom is 0.350 e. The van der Waals surface area contributed by atoms with E-state index in [1.807, 2.05) is 0 Å². The van der Waals surface area contributed by atoms with Gasteiger partial charge in [-0.1, -0.05) is 6.08 Å². The van der Waals surface area contributed by atoms with Crippen molar-refractivity contribution in [2.75, 3.05) is 6.61 Å². The molecule has 0 radical (unpaired) electrons. The van der Waals surface area contributed by atoms with E-state index in [1.165, 1.54) is 6.08 Å². The Morgan fingerprint density at radius 3 is 2.53 bits per heavy atom. The van der Waals surface area contributed by atoms with E-state index in [0.717, 1.165) is 18.2 Å². The molecule has 1 heterocycles. The Kier molecular flexibility index (Phi) is 7.03. The minimum absolute atomic E-state index is 0.0551. The zero-order valence-electron chi connectivity index (χ0n) is 16.7.